The fourth-order valence-electron chi connectivity index (χ4n) is 3.21. The highest BCUT2D eigenvalue weighted by atomic mass is 127. The summed E-state index contributed by atoms with van der Waals surface area (Å²) >= 11 is 0. The molecule has 0 bridgehead atoms. The number of carbonyl (C=O) groups excluding carboxylic acids is 1. The first-order valence-electron chi connectivity index (χ1n) is 9.87. The van der Waals surface area contributed by atoms with Crippen LogP contribution in [0.1, 0.15) is 45.4 Å². The van der Waals surface area contributed by atoms with Crippen LogP contribution in [-0.2, 0) is 14.8 Å². The Labute approximate surface area is 203 Å². The largest absolute Gasteiger partial charge is 1.00 e. The fraction of sp³-hybridized carbons (Fsp3) is 0.941. The molecule has 0 atom stereocenters. The van der Waals surface area contributed by atoms with Crippen molar-refractivity contribution in [3.8, 4) is 0 Å². The standard InChI is InChI=1S/C17H26F9N2O3S.HI/c1-3-4-5-6-7-8-13(29)28(2)11-9-27(10-12-28)32(30,31)17(25,26)15(20,21)14(18,19)16(22,23)24;/h3-12H2,1-2H3;1H/q+1;/p-1. The van der Waals surface area contributed by atoms with Gasteiger partial charge in [0, 0.05) is 0 Å². The number of hydrogen-bond donors (Lipinski definition) is 0. The second-order valence-corrected chi connectivity index (χ2v) is 9.95. The predicted octanol–water partition coefficient (Wildman–Crippen LogP) is 1.40. The lowest BCUT2D eigenvalue weighted by Gasteiger charge is -2.41. The summed E-state index contributed by atoms with van der Waals surface area (Å²) in [6, 6.07) is 0. The lowest BCUT2D eigenvalue weighted by molar-refractivity contribution is -0.839. The molecule has 0 aliphatic carbocycles. The summed E-state index contributed by atoms with van der Waals surface area (Å²) in [6.45, 7) is -0.712. The molecular weight excluding hydrogens is 610 g/mol. The number of halogens is 10. The molecule has 16 heteroatoms. The third-order valence-electron chi connectivity index (χ3n) is 5.56. The van der Waals surface area contributed by atoms with Crippen molar-refractivity contribution < 1.29 is 81.2 Å². The van der Waals surface area contributed by atoms with Crippen LogP contribution in [0.2, 0.25) is 0 Å². The first kappa shape index (κ1) is 32.6. The highest BCUT2D eigenvalue weighted by Gasteiger charge is 2.85. The number of piperazine rings is 1. The van der Waals surface area contributed by atoms with Crippen LogP contribution in [0.3, 0.4) is 0 Å². The molecular formula is C17H26F9IN2O3S. The van der Waals surface area contributed by atoms with E-state index in [1.165, 1.54) is 7.05 Å². The Balaban J connectivity index is 0.0000102. The van der Waals surface area contributed by atoms with Gasteiger partial charge in [-0.3, -0.25) is 4.48 Å². The zero-order valence-corrected chi connectivity index (χ0v) is 20.9. The molecule has 198 valence electrons. The van der Waals surface area contributed by atoms with Crippen LogP contribution in [0.5, 0.6) is 0 Å². The minimum Gasteiger partial charge on any atom is -1.00 e. The van der Waals surface area contributed by atoms with Gasteiger partial charge in [-0.2, -0.15) is 43.8 Å². The molecule has 1 heterocycles. The Kier molecular flexibility index (Phi) is 11.0. The number of rotatable bonds is 10. The zero-order valence-electron chi connectivity index (χ0n) is 17.9. The van der Waals surface area contributed by atoms with E-state index in [2.05, 4.69) is 0 Å². The van der Waals surface area contributed by atoms with Gasteiger partial charge in [0.25, 0.3) is 10.0 Å². The van der Waals surface area contributed by atoms with Crippen LogP contribution in [0, 0.1) is 0 Å². The van der Waals surface area contributed by atoms with Crippen molar-refractivity contribution >= 4 is 15.9 Å². The van der Waals surface area contributed by atoms with Crippen LogP contribution in [0.4, 0.5) is 39.5 Å². The van der Waals surface area contributed by atoms with Crippen molar-refractivity contribution in [3.63, 3.8) is 0 Å². The molecule has 0 unspecified atom stereocenters. The molecule has 5 nitrogen and oxygen atoms in total. The second kappa shape index (κ2) is 11.1. The van der Waals surface area contributed by atoms with Gasteiger partial charge in [-0.25, -0.2) is 13.2 Å². The molecule has 1 amide bonds. The molecule has 0 aromatic rings. The maximum absolute atomic E-state index is 14.0. The highest BCUT2D eigenvalue weighted by Crippen LogP contribution is 2.55. The van der Waals surface area contributed by atoms with Crippen molar-refractivity contribution in [1.29, 1.82) is 0 Å². The first-order valence-corrected chi connectivity index (χ1v) is 11.3. The maximum atomic E-state index is 14.0. The Morgan fingerprint density at radius 2 is 1.30 bits per heavy atom. The van der Waals surface area contributed by atoms with Crippen LogP contribution in [0.15, 0.2) is 0 Å². The monoisotopic (exact) mass is 636 g/mol. The van der Waals surface area contributed by atoms with Gasteiger partial charge in [0.1, 0.15) is 0 Å². The summed E-state index contributed by atoms with van der Waals surface area (Å²) in [5, 5.41) is -6.75. The number of sulfonamides is 1. The molecule has 0 saturated carbocycles. The van der Waals surface area contributed by atoms with Crippen molar-refractivity contribution in [2.45, 2.75) is 68.7 Å². The molecule has 33 heavy (non-hydrogen) atoms. The van der Waals surface area contributed by atoms with E-state index in [1.807, 2.05) is 6.92 Å². The number of hydrogen-bond acceptors (Lipinski definition) is 3. The maximum Gasteiger partial charge on any atom is 0.460 e. The lowest BCUT2D eigenvalue weighted by atomic mass is 10.1. The van der Waals surface area contributed by atoms with E-state index in [0.29, 0.717) is 6.42 Å². The molecule has 1 rings (SSSR count). The van der Waals surface area contributed by atoms with Gasteiger partial charge < -0.3 is 24.0 Å². The van der Waals surface area contributed by atoms with Gasteiger partial charge >= 0.3 is 29.2 Å². The van der Waals surface area contributed by atoms with Crippen molar-refractivity contribution in [2.24, 2.45) is 0 Å². The molecule has 1 aliphatic heterocycles. The van der Waals surface area contributed by atoms with E-state index < -0.39 is 64.0 Å². The highest BCUT2D eigenvalue weighted by molar-refractivity contribution is 7.90. The zero-order chi connectivity index (χ0) is 25.2. The minimum absolute atomic E-state index is 0. The Morgan fingerprint density at radius 1 is 0.848 bits per heavy atom. The summed E-state index contributed by atoms with van der Waals surface area (Å²) in [5.41, 5.74) is 0. The number of carbonyl (C=O) groups is 1. The fourth-order valence-corrected chi connectivity index (χ4v) is 4.63. The second-order valence-electron chi connectivity index (χ2n) is 7.97. The van der Waals surface area contributed by atoms with Crippen LogP contribution in [-0.4, -0.2) is 79.6 Å². The van der Waals surface area contributed by atoms with E-state index in [9.17, 15) is 52.7 Å². The van der Waals surface area contributed by atoms with Crippen molar-refractivity contribution in [3.05, 3.63) is 0 Å². The average Bonchev–Trinajstić information content (AvgIpc) is 2.66. The topological polar surface area (TPSA) is 54.5 Å². The number of alkyl halides is 9. The van der Waals surface area contributed by atoms with Gasteiger partial charge in [-0.1, -0.05) is 32.6 Å². The number of unbranched alkanes of at least 4 members (excludes halogenated alkanes) is 4. The van der Waals surface area contributed by atoms with Crippen molar-refractivity contribution in [2.75, 3.05) is 33.2 Å². The lowest BCUT2D eigenvalue weighted by Crippen LogP contribution is -3.00. The number of nitrogens with zero attached hydrogens (tertiary/aromatic N) is 2. The summed E-state index contributed by atoms with van der Waals surface area (Å²) in [5.74, 6) is -14.9. The van der Waals surface area contributed by atoms with E-state index in [4.69, 9.17) is 0 Å². The summed E-state index contributed by atoms with van der Waals surface area (Å²) < 4.78 is 141. The first-order chi connectivity index (χ1) is 14.3. The van der Waals surface area contributed by atoms with E-state index >= 15 is 0 Å². The predicted molar refractivity (Wildman–Crippen MR) is 95.7 cm³/mol. The van der Waals surface area contributed by atoms with Crippen LogP contribution < -0.4 is 24.0 Å². The van der Waals surface area contributed by atoms with Crippen LogP contribution in [0.25, 0.3) is 0 Å². The molecule has 1 fully saturated rings. The summed E-state index contributed by atoms with van der Waals surface area (Å²) in [6.07, 6.45) is -2.87. The normalized spacial score (nSPS) is 18.6. The molecule has 0 spiro atoms. The SMILES string of the molecule is CCCCCCCC(=O)[N+]1(C)CCN(S(=O)(=O)C(F)(F)C(F)(F)C(F)(F)C(F)(F)F)CC1.[I-]. The Hall–Kier alpha value is -0.360. The van der Waals surface area contributed by atoms with E-state index in [0.717, 1.165) is 25.7 Å². The number of likely N-dealkylation sites (N-methyl/N-ethyl adjacent to an activating group) is 1. The van der Waals surface area contributed by atoms with E-state index in [-0.39, 0.29) is 40.6 Å². The smallest absolute Gasteiger partial charge is 0.460 e. The Morgan fingerprint density at radius 3 is 1.73 bits per heavy atom. The van der Waals surface area contributed by atoms with Gasteiger partial charge in [0.2, 0.25) is 0 Å². The van der Waals surface area contributed by atoms with Crippen LogP contribution >= 0.6 is 0 Å². The van der Waals surface area contributed by atoms with Gasteiger partial charge in [0.05, 0.1) is 39.6 Å². The third-order valence-corrected chi connectivity index (χ3v) is 7.51. The third kappa shape index (κ3) is 6.26. The molecule has 0 aromatic heterocycles. The minimum atomic E-state index is -7.30. The molecule has 1 saturated heterocycles. The average molecular weight is 636 g/mol. The molecule has 1 aliphatic rings. The van der Waals surface area contributed by atoms with Gasteiger partial charge in [-0.05, 0) is 6.42 Å². The van der Waals surface area contributed by atoms with Gasteiger partial charge in [-0.15, -0.1) is 0 Å². The molecule has 0 radical (unpaired) electrons. The quantitative estimate of drug-likeness (QED) is 0.158. The van der Waals surface area contributed by atoms with E-state index in [1.54, 1.807) is 0 Å². The Bertz CT molecular complexity index is 768. The van der Waals surface area contributed by atoms with Gasteiger partial charge in [0.15, 0.2) is 0 Å². The summed E-state index contributed by atoms with van der Waals surface area (Å²) in [4.78, 5) is 12.4. The van der Waals surface area contributed by atoms with Crippen molar-refractivity contribution in [1.82, 2.24) is 4.31 Å². The molecule has 0 N–H and O–H groups in total. The summed E-state index contributed by atoms with van der Waals surface area (Å²) in [7, 11) is -5.24. The molecule has 0 aromatic carbocycles. The number of quaternary nitrogens is 1. The number of amides is 1.